The van der Waals surface area contributed by atoms with Crippen LogP contribution in [0.25, 0.3) is 0 Å². The van der Waals surface area contributed by atoms with Crippen molar-refractivity contribution in [2.45, 2.75) is 26.1 Å². The summed E-state index contributed by atoms with van der Waals surface area (Å²) in [5.41, 5.74) is 1.30. The number of aliphatic hydroxyl groups is 2. The summed E-state index contributed by atoms with van der Waals surface area (Å²) in [5, 5.41) is 30.1. The Kier molecular flexibility index (Phi) is 5.70. The van der Waals surface area contributed by atoms with Gasteiger partial charge in [-0.05, 0) is 24.1 Å². The summed E-state index contributed by atoms with van der Waals surface area (Å²) in [7, 11) is 0. The molecule has 0 spiro atoms. The maximum Gasteiger partial charge on any atom is 0.292 e. The topological polar surface area (TPSA) is 90.1 Å². The van der Waals surface area contributed by atoms with Crippen LogP contribution in [-0.2, 0) is 6.61 Å². The number of benzene rings is 1. The van der Waals surface area contributed by atoms with Gasteiger partial charge in [-0.1, -0.05) is 6.92 Å². The van der Waals surface area contributed by atoms with Gasteiger partial charge in [0.05, 0.1) is 17.6 Å². The lowest BCUT2D eigenvalue weighted by molar-refractivity contribution is -0.384. The molecule has 0 radical (unpaired) electrons. The molecule has 1 atom stereocenters. The fraction of sp³-hybridized carbons (Fsp3) is 0.600. The van der Waals surface area contributed by atoms with Crippen LogP contribution in [0, 0.1) is 10.1 Å². The second kappa shape index (κ2) is 7.53. The first-order valence-corrected chi connectivity index (χ1v) is 7.58. The highest BCUT2D eigenvalue weighted by Crippen LogP contribution is 2.30. The summed E-state index contributed by atoms with van der Waals surface area (Å²) < 4.78 is 0. The molecule has 1 fully saturated rings. The molecule has 0 saturated carbocycles. The molecule has 1 aromatic rings. The number of nitro benzene ring substituents is 1. The molecule has 122 valence electrons. The molecule has 1 heterocycles. The number of hydrogen-bond donors (Lipinski definition) is 2. The van der Waals surface area contributed by atoms with Crippen molar-refractivity contribution in [2.24, 2.45) is 0 Å². The van der Waals surface area contributed by atoms with Crippen molar-refractivity contribution < 1.29 is 15.1 Å². The molecule has 0 bridgehead atoms. The number of anilines is 1. The van der Waals surface area contributed by atoms with Crippen molar-refractivity contribution in [2.75, 3.05) is 37.6 Å². The van der Waals surface area contributed by atoms with Gasteiger partial charge >= 0.3 is 0 Å². The van der Waals surface area contributed by atoms with Crippen LogP contribution in [0.4, 0.5) is 11.4 Å². The molecule has 22 heavy (non-hydrogen) atoms. The number of nitrogens with zero attached hydrogens (tertiary/aromatic N) is 3. The second-order valence-electron chi connectivity index (χ2n) is 5.59. The van der Waals surface area contributed by atoms with Crippen molar-refractivity contribution in [3.8, 4) is 0 Å². The zero-order valence-electron chi connectivity index (χ0n) is 12.8. The Bertz CT molecular complexity index is 516. The van der Waals surface area contributed by atoms with E-state index in [0.717, 1.165) is 19.5 Å². The molecule has 1 aliphatic heterocycles. The zero-order valence-corrected chi connectivity index (χ0v) is 12.8. The Morgan fingerprint density at radius 3 is 2.55 bits per heavy atom. The van der Waals surface area contributed by atoms with Crippen LogP contribution in [0.1, 0.15) is 18.9 Å². The van der Waals surface area contributed by atoms with Crippen LogP contribution in [0.15, 0.2) is 18.2 Å². The number of rotatable bonds is 6. The van der Waals surface area contributed by atoms with E-state index in [2.05, 4.69) is 4.90 Å². The van der Waals surface area contributed by atoms with Gasteiger partial charge in [0.15, 0.2) is 0 Å². The molecule has 0 aliphatic carbocycles. The lowest BCUT2D eigenvalue weighted by Gasteiger charge is -2.36. The van der Waals surface area contributed by atoms with E-state index in [4.69, 9.17) is 0 Å². The number of β-amino-alcohol motifs (C(OH)–C–C–N with tert-alkyl or cyclic N) is 1. The fourth-order valence-corrected chi connectivity index (χ4v) is 2.67. The third-order valence-corrected chi connectivity index (χ3v) is 4.07. The highest BCUT2D eigenvalue weighted by atomic mass is 16.6. The van der Waals surface area contributed by atoms with Crippen LogP contribution in [0.2, 0.25) is 0 Å². The van der Waals surface area contributed by atoms with Crippen molar-refractivity contribution >= 4 is 11.4 Å². The molecule has 1 saturated heterocycles. The van der Waals surface area contributed by atoms with Crippen molar-refractivity contribution in [3.05, 3.63) is 33.9 Å². The monoisotopic (exact) mass is 309 g/mol. The molecule has 1 unspecified atom stereocenters. The van der Waals surface area contributed by atoms with Gasteiger partial charge < -0.3 is 15.1 Å². The van der Waals surface area contributed by atoms with Gasteiger partial charge in [-0.2, -0.15) is 0 Å². The van der Waals surface area contributed by atoms with Gasteiger partial charge in [0.25, 0.3) is 5.69 Å². The van der Waals surface area contributed by atoms with Gasteiger partial charge in [0, 0.05) is 38.8 Å². The van der Waals surface area contributed by atoms with E-state index in [9.17, 15) is 20.3 Å². The standard InChI is InChI=1S/C15H23N3O4/c1-2-13(20)10-16-5-7-17(8-6-16)15-9-12(11-19)3-4-14(15)18(21)22/h3-4,9,13,19-20H,2,5-8,10-11H2,1H3. The van der Waals surface area contributed by atoms with E-state index in [1.165, 1.54) is 6.07 Å². The molecule has 2 rings (SSSR count). The predicted octanol–water partition coefficient (Wildman–Crippen LogP) is 0.980. The van der Waals surface area contributed by atoms with E-state index in [0.29, 0.717) is 30.9 Å². The van der Waals surface area contributed by atoms with E-state index in [1.807, 2.05) is 11.8 Å². The smallest absolute Gasteiger partial charge is 0.292 e. The van der Waals surface area contributed by atoms with Gasteiger partial charge in [0.1, 0.15) is 5.69 Å². The molecule has 0 amide bonds. The fourth-order valence-electron chi connectivity index (χ4n) is 2.67. The first kappa shape index (κ1) is 16.7. The highest BCUT2D eigenvalue weighted by molar-refractivity contribution is 5.64. The minimum absolute atomic E-state index is 0.0687. The van der Waals surface area contributed by atoms with Crippen molar-refractivity contribution in [1.29, 1.82) is 0 Å². The number of piperazine rings is 1. The van der Waals surface area contributed by atoms with E-state index < -0.39 is 0 Å². The predicted molar refractivity (Wildman–Crippen MR) is 84.0 cm³/mol. The normalized spacial score (nSPS) is 17.5. The molecular weight excluding hydrogens is 286 g/mol. The summed E-state index contributed by atoms with van der Waals surface area (Å²) in [5.74, 6) is 0. The second-order valence-corrected chi connectivity index (χ2v) is 5.59. The number of hydrogen-bond acceptors (Lipinski definition) is 6. The van der Waals surface area contributed by atoms with Crippen molar-refractivity contribution in [1.82, 2.24) is 4.90 Å². The first-order chi connectivity index (χ1) is 10.5. The highest BCUT2D eigenvalue weighted by Gasteiger charge is 2.24. The third-order valence-electron chi connectivity index (χ3n) is 4.07. The molecule has 1 aliphatic rings. The lowest BCUT2D eigenvalue weighted by atomic mass is 10.1. The van der Waals surface area contributed by atoms with Crippen LogP contribution >= 0.6 is 0 Å². The maximum absolute atomic E-state index is 11.2. The van der Waals surface area contributed by atoms with Gasteiger partial charge in [0.2, 0.25) is 0 Å². The van der Waals surface area contributed by atoms with E-state index >= 15 is 0 Å². The first-order valence-electron chi connectivity index (χ1n) is 7.58. The number of aliphatic hydroxyl groups excluding tert-OH is 2. The van der Waals surface area contributed by atoms with Crippen LogP contribution in [0.5, 0.6) is 0 Å². The molecule has 7 nitrogen and oxygen atoms in total. The summed E-state index contributed by atoms with van der Waals surface area (Å²) >= 11 is 0. The minimum Gasteiger partial charge on any atom is -0.392 e. The Morgan fingerprint density at radius 2 is 2.00 bits per heavy atom. The SMILES string of the molecule is CCC(O)CN1CCN(c2cc(CO)ccc2[N+](=O)[O-])CC1. The largest absolute Gasteiger partial charge is 0.392 e. The number of nitro groups is 1. The summed E-state index contributed by atoms with van der Waals surface area (Å²) in [4.78, 5) is 15.0. The zero-order chi connectivity index (χ0) is 16.1. The van der Waals surface area contributed by atoms with Crippen LogP contribution < -0.4 is 4.90 Å². The summed E-state index contributed by atoms with van der Waals surface area (Å²) in [6.45, 7) is 5.33. The molecule has 0 aromatic heterocycles. The summed E-state index contributed by atoms with van der Waals surface area (Å²) in [6.07, 6.45) is 0.406. The average Bonchev–Trinajstić information content (AvgIpc) is 2.54. The maximum atomic E-state index is 11.2. The molecular formula is C15H23N3O4. The Hall–Kier alpha value is -1.70. The quantitative estimate of drug-likeness (QED) is 0.601. The Morgan fingerprint density at radius 1 is 1.32 bits per heavy atom. The van der Waals surface area contributed by atoms with Crippen LogP contribution in [0.3, 0.4) is 0 Å². The van der Waals surface area contributed by atoms with Gasteiger partial charge in [-0.15, -0.1) is 0 Å². The van der Waals surface area contributed by atoms with Crippen LogP contribution in [-0.4, -0.2) is 58.9 Å². The minimum atomic E-state index is -0.385. The van der Waals surface area contributed by atoms with Gasteiger partial charge in [-0.3, -0.25) is 15.0 Å². The summed E-state index contributed by atoms with van der Waals surface area (Å²) in [6, 6.07) is 4.72. The lowest BCUT2D eigenvalue weighted by Crippen LogP contribution is -2.48. The molecule has 2 N–H and O–H groups in total. The molecule has 7 heteroatoms. The molecule has 1 aromatic carbocycles. The average molecular weight is 309 g/mol. The van der Waals surface area contributed by atoms with E-state index in [1.54, 1.807) is 12.1 Å². The van der Waals surface area contributed by atoms with Crippen molar-refractivity contribution in [3.63, 3.8) is 0 Å². The third kappa shape index (κ3) is 3.94. The Balaban J connectivity index is 2.08. The Labute approximate surface area is 129 Å². The van der Waals surface area contributed by atoms with Gasteiger partial charge in [-0.25, -0.2) is 0 Å². The van der Waals surface area contributed by atoms with E-state index in [-0.39, 0.29) is 23.3 Å².